The molecular formula is C17H14F5NO3. The van der Waals surface area contributed by atoms with Gasteiger partial charge in [0.15, 0.2) is 17.4 Å². The smallest absolute Gasteiger partial charge is 0.416 e. The van der Waals surface area contributed by atoms with Gasteiger partial charge in [-0.05, 0) is 23.8 Å². The summed E-state index contributed by atoms with van der Waals surface area (Å²) in [6, 6.07) is 5.14. The summed E-state index contributed by atoms with van der Waals surface area (Å²) in [4.78, 5) is 11.4. The molecule has 9 heteroatoms. The predicted molar refractivity (Wildman–Crippen MR) is 81.6 cm³/mol. The SMILES string of the molecule is COC(=O)C(N)Cc1ccccc1Oc1c(F)cc(C(F)(F)F)cc1F. The third kappa shape index (κ3) is 4.48. The Hall–Kier alpha value is -2.68. The van der Waals surface area contributed by atoms with Crippen molar-refractivity contribution in [3.63, 3.8) is 0 Å². The monoisotopic (exact) mass is 375 g/mol. The molecule has 2 aromatic rings. The summed E-state index contributed by atoms with van der Waals surface area (Å²) in [6.45, 7) is 0. The quantitative estimate of drug-likeness (QED) is 0.638. The molecule has 0 bridgehead atoms. The lowest BCUT2D eigenvalue weighted by molar-refractivity contribution is -0.142. The number of esters is 1. The third-order valence-corrected chi connectivity index (χ3v) is 3.45. The summed E-state index contributed by atoms with van der Waals surface area (Å²) in [7, 11) is 1.15. The lowest BCUT2D eigenvalue weighted by atomic mass is 10.1. The number of methoxy groups -OCH3 is 1. The first kappa shape index (κ1) is 19.6. The number of hydrogen-bond donors (Lipinski definition) is 1. The van der Waals surface area contributed by atoms with Crippen LogP contribution in [0.5, 0.6) is 11.5 Å². The molecular weight excluding hydrogens is 361 g/mol. The number of ether oxygens (including phenoxy) is 2. The Morgan fingerprint density at radius 2 is 1.73 bits per heavy atom. The van der Waals surface area contributed by atoms with E-state index in [2.05, 4.69) is 4.74 Å². The third-order valence-electron chi connectivity index (χ3n) is 3.45. The lowest BCUT2D eigenvalue weighted by Crippen LogP contribution is -2.33. The van der Waals surface area contributed by atoms with Crippen LogP contribution in [0.2, 0.25) is 0 Å². The Labute approximate surface area is 145 Å². The Morgan fingerprint density at radius 1 is 1.15 bits per heavy atom. The number of alkyl halides is 3. The van der Waals surface area contributed by atoms with Crippen LogP contribution in [0.15, 0.2) is 36.4 Å². The first-order valence-electron chi connectivity index (χ1n) is 7.29. The standard InChI is InChI=1S/C17H14F5NO3/c1-25-16(24)13(23)6-9-4-2-3-5-14(9)26-15-11(18)7-10(8-12(15)19)17(20,21)22/h2-5,7-8,13H,6,23H2,1H3. The largest absolute Gasteiger partial charge is 0.468 e. The Bertz CT molecular complexity index is 784. The molecule has 0 fully saturated rings. The molecule has 0 saturated carbocycles. The van der Waals surface area contributed by atoms with Gasteiger partial charge < -0.3 is 15.2 Å². The number of para-hydroxylation sites is 1. The van der Waals surface area contributed by atoms with Crippen LogP contribution in [-0.4, -0.2) is 19.1 Å². The van der Waals surface area contributed by atoms with Gasteiger partial charge in [0.25, 0.3) is 0 Å². The van der Waals surface area contributed by atoms with Crippen molar-refractivity contribution in [2.45, 2.75) is 18.6 Å². The number of benzene rings is 2. The van der Waals surface area contributed by atoms with E-state index in [4.69, 9.17) is 10.5 Å². The molecule has 2 rings (SSSR count). The Morgan fingerprint density at radius 3 is 2.27 bits per heavy atom. The van der Waals surface area contributed by atoms with Gasteiger partial charge in [0.05, 0.1) is 12.7 Å². The highest BCUT2D eigenvalue weighted by atomic mass is 19.4. The predicted octanol–water partition coefficient (Wildman–Crippen LogP) is 3.82. The molecule has 26 heavy (non-hydrogen) atoms. The zero-order valence-corrected chi connectivity index (χ0v) is 13.4. The number of hydrogen-bond acceptors (Lipinski definition) is 4. The van der Waals surface area contributed by atoms with Crippen LogP contribution in [0.4, 0.5) is 22.0 Å². The molecule has 0 amide bonds. The minimum absolute atomic E-state index is 0.0515. The van der Waals surface area contributed by atoms with E-state index in [1.54, 1.807) is 6.07 Å². The van der Waals surface area contributed by atoms with Crippen LogP contribution in [0.3, 0.4) is 0 Å². The minimum atomic E-state index is -4.90. The molecule has 2 N–H and O–H groups in total. The maximum absolute atomic E-state index is 13.9. The second kappa shape index (κ2) is 7.69. The van der Waals surface area contributed by atoms with Gasteiger partial charge in [0.2, 0.25) is 0 Å². The highest BCUT2D eigenvalue weighted by molar-refractivity contribution is 5.75. The van der Waals surface area contributed by atoms with Crippen molar-refractivity contribution in [1.82, 2.24) is 0 Å². The van der Waals surface area contributed by atoms with Gasteiger partial charge in [0.1, 0.15) is 11.8 Å². The Balaban J connectivity index is 2.34. The molecule has 0 radical (unpaired) electrons. The van der Waals surface area contributed by atoms with Crippen LogP contribution in [0.1, 0.15) is 11.1 Å². The molecule has 1 atom stereocenters. The molecule has 0 saturated heterocycles. The highest BCUT2D eigenvalue weighted by Crippen LogP contribution is 2.36. The molecule has 1 unspecified atom stereocenters. The minimum Gasteiger partial charge on any atom is -0.468 e. The summed E-state index contributed by atoms with van der Waals surface area (Å²) >= 11 is 0. The van der Waals surface area contributed by atoms with Crippen molar-refractivity contribution < 1.29 is 36.2 Å². The van der Waals surface area contributed by atoms with E-state index in [0.29, 0.717) is 5.56 Å². The van der Waals surface area contributed by atoms with Gasteiger partial charge >= 0.3 is 12.1 Å². The normalized spacial score (nSPS) is 12.6. The van der Waals surface area contributed by atoms with Crippen LogP contribution in [-0.2, 0) is 22.1 Å². The molecule has 0 spiro atoms. The van der Waals surface area contributed by atoms with Crippen LogP contribution in [0, 0.1) is 11.6 Å². The summed E-state index contributed by atoms with van der Waals surface area (Å²) in [6.07, 6.45) is -4.96. The fraction of sp³-hybridized carbons (Fsp3) is 0.235. The summed E-state index contributed by atoms with van der Waals surface area (Å²) < 4.78 is 75.3. The Kier molecular flexibility index (Phi) is 5.81. The van der Waals surface area contributed by atoms with E-state index in [1.807, 2.05) is 0 Å². The van der Waals surface area contributed by atoms with E-state index in [0.717, 1.165) is 7.11 Å². The van der Waals surface area contributed by atoms with E-state index < -0.39 is 41.1 Å². The van der Waals surface area contributed by atoms with Crippen LogP contribution < -0.4 is 10.5 Å². The molecule has 0 aliphatic heterocycles. The second-order valence-electron chi connectivity index (χ2n) is 5.31. The zero-order chi connectivity index (χ0) is 19.5. The zero-order valence-electron chi connectivity index (χ0n) is 13.4. The molecule has 0 aliphatic rings. The van der Waals surface area contributed by atoms with Crippen molar-refractivity contribution in [1.29, 1.82) is 0 Å². The van der Waals surface area contributed by atoms with E-state index in [9.17, 15) is 26.7 Å². The number of carbonyl (C=O) groups is 1. The van der Waals surface area contributed by atoms with Crippen molar-refractivity contribution in [2.24, 2.45) is 5.73 Å². The highest BCUT2D eigenvalue weighted by Gasteiger charge is 2.33. The van der Waals surface area contributed by atoms with Crippen molar-refractivity contribution >= 4 is 5.97 Å². The first-order valence-corrected chi connectivity index (χ1v) is 7.29. The fourth-order valence-electron chi connectivity index (χ4n) is 2.17. The molecule has 4 nitrogen and oxygen atoms in total. The molecule has 140 valence electrons. The van der Waals surface area contributed by atoms with Gasteiger partial charge in [-0.2, -0.15) is 13.2 Å². The van der Waals surface area contributed by atoms with Crippen molar-refractivity contribution in [2.75, 3.05) is 7.11 Å². The topological polar surface area (TPSA) is 61.5 Å². The van der Waals surface area contributed by atoms with Gasteiger partial charge in [-0.25, -0.2) is 8.78 Å². The first-order chi connectivity index (χ1) is 12.1. The molecule has 0 aromatic heterocycles. The fourth-order valence-corrected chi connectivity index (χ4v) is 2.17. The summed E-state index contributed by atoms with van der Waals surface area (Å²) in [5, 5.41) is 0. The van der Waals surface area contributed by atoms with E-state index in [1.165, 1.54) is 18.2 Å². The number of carbonyl (C=O) groups excluding carboxylic acids is 1. The average molecular weight is 375 g/mol. The maximum Gasteiger partial charge on any atom is 0.416 e. The molecule has 2 aromatic carbocycles. The van der Waals surface area contributed by atoms with Crippen molar-refractivity contribution in [3.05, 3.63) is 59.2 Å². The van der Waals surface area contributed by atoms with Gasteiger partial charge in [-0.1, -0.05) is 18.2 Å². The van der Waals surface area contributed by atoms with Gasteiger partial charge in [-0.15, -0.1) is 0 Å². The maximum atomic E-state index is 13.9. The average Bonchev–Trinajstić information content (AvgIpc) is 2.57. The molecule has 0 heterocycles. The van der Waals surface area contributed by atoms with E-state index in [-0.39, 0.29) is 24.3 Å². The number of halogens is 5. The molecule has 0 aliphatic carbocycles. The van der Waals surface area contributed by atoms with Crippen LogP contribution >= 0.6 is 0 Å². The number of nitrogens with two attached hydrogens (primary N) is 1. The summed E-state index contributed by atoms with van der Waals surface area (Å²) in [5.74, 6) is -4.76. The van der Waals surface area contributed by atoms with Gasteiger partial charge in [-0.3, -0.25) is 4.79 Å². The number of rotatable bonds is 5. The van der Waals surface area contributed by atoms with E-state index >= 15 is 0 Å². The van der Waals surface area contributed by atoms with Crippen LogP contribution in [0.25, 0.3) is 0 Å². The van der Waals surface area contributed by atoms with Crippen molar-refractivity contribution in [3.8, 4) is 11.5 Å². The van der Waals surface area contributed by atoms with Gasteiger partial charge in [0, 0.05) is 6.42 Å². The second-order valence-corrected chi connectivity index (χ2v) is 5.31. The summed E-state index contributed by atoms with van der Waals surface area (Å²) in [5.41, 5.74) is 4.50. The lowest BCUT2D eigenvalue weighted by Gasteiger charge is -2.15.